The highest BCUT2D eigenvalue weighted by molar-refractivity contribution is 7.39. The zero-order chi connectivity index (χ0) is 12.0. The Labute approximate surface area is 95.1 Å². The monoisotopic (exact) mass is 266 g/mol. The maximum atomic E-state index is 8.77. The standard InChI is InChI=1S/C8H12O6P2/c9-15(10)13-6-8(14-16(11)12)7-4-2-1-3-5-7/h1-5,8-12H,6H2. The highest BCUT2D eigenvalue weighted by Crippen LogP contribution is 2.36. The van der Waals surface area contributed by atoms with Gasteiger partial charge in [-0.05, 0) is 5.56 Å². The number of hydrogen-bond donors (Lipinski definition) is 4. The van der Waals surface area contributed by atoms with E-state index in [1.807, 2.05) is 0 Å². The van der Waals surface area contributed by atoms with Crippen molar-refractivity contribution >= 4 is 17.2 Å². The molecule has 0 spiro atoms. The predicted molar refractivity (Wildman–Crippen MR) is 58.9 cm³/mol. The Morgan fingerprint density at radius 3 is 2.12 bits per heavy atom. The third-order valence-electron chi connectivity index (χ3n) is 1.73. The van der Waals surface area contributed by atoms with E-state index in [1.54, 1.807) is 30.3 Å². The predicted octanol–water partition coefficient (Wildman–Crippen LogP) is 1.18. The van der Waals surface area contributed by atoms with Crippen molar-refractivity contribution in [2.24, 2.45) is 0 Å². The zero-order valence-electron chi connectivity index (χ0n) is 8.17. The van der Waals surface area contributed by atoms with E-state index in [9.17, 15) is 0 Å². The molecular weight excluding hydrogens is 254 g/mol. The first-order valence-corrected chi connectivity index (χ1v) is 6.63. The van der Waals surface area contributed by atoms with E-state index in [1.165, 1.54) is 0 Å². The third kappa shape index (κ3) is 5.25. The Balaban J connectivity index is 2.64. The van der Waals surface area contributed by atoms with E-state index >= 15 is 0 Å². The van der Waals surface area contributed by atoms with Gasteiger partial charge in [-0.2, -0.15) is 0 Å². The van der Waals surface area contributed by atoms with Crippen LogP contribution >= 0.6 is 17.2 Å². The summed E-state index contributed by atoms with van der Waals surface area (Å²) in [6, 6.07) is 8.73. The van der Waals surface area contributed by atoms with Crippen LogP contribution in [-0.2, 0) is 9.05 Å². The largest absolute Gasteiger partial charge is 0.328 e. The second kappa shape index (κ2) is 7.22. The summed E-state index contributed by atoms with van der Waals surface area (Å²) in [6.45, 7) is -0.164. The second-order valence-corrected chi connectivity index (χ2v) is 4.29. The lowest BCUT2D eigenvalue weighted by Crippen LogP contribution is -2.08. The van der Waals surface area contributed by atoms with Gasteiger partial charge < -0.3 is 28.6 Å². The van der Waals surface area contributed by atoms with Crippen molar-refractivity contribution < 1.29 is 28.6 Å². The lowest BCUT2D eigenvalue weighted by atomic mass is 10.1. The zero-order valence-corrected chi connectivity index (χ0v) is 9.96. The average Bonchev–Trinajstić information content (AvgIpc) is 2.25. The van der Waals surface area contributed by atoms with Gasteiger partial charge in [-0.15, -0.1) is 0 Å². The summed E-state index contributed by atoms with van der Waals surface area (Å²) in [6.07, 6.45) is -0.744. The molecule has 0 aromatic heterocycles. The van der Waals surface area contributed by atoms with Gasteiger partial charge in [0, 0.05) is 0 Å². The molecule has 8 heteroatoms. The molecule has 16 heavy (non-hydrogen) atoms. The number of benzene rings is 1. The van der Waals surface area contributed by atoms with Gasteiger partial charge in [-0.1, -0.05) is 30.3 Å². The minimum Gasteiger partial charge on any atom is -0.328 e. The molecule has 1 rings (SSSR count). The highest BCUT2D eigenvalue weighted by Gasteiger charge is 2.18. The lowest BCUT2D eigenvalue weighted by Gasteiger charge is -2.18. The molecule has 0 amide bonds. The maximum absolute atomic E-state index is 8.77. The van der Waals surface area contributed by atoms with E-state index < -0.39 is 23.3 Å². The van der Waals surface area contributed by atoms with E-state index in [0.717, 1.165) is 0 Å². The summed E-state index contributed by atoms with van der Waals surface area (Å²) >= 11 is 0. The summed E-state index contributed by atoms with van der Waals surface area (Å²) in [5.74, 6) is 0. The van der Waals surface area contributed by atoms with Crippen LogP contribution in [-0.4, -0.2) is 26.2 Å². The quantitative estimate of drug-likeness (QED) is 0.577. The van der Waals surface area contributed by atoms with E-state index in [4.69, 9.17) is 24.1 Å². The second-order valence-electron chi connectivity index (χ2n) is 2.81. The Hall–Kier alpha value is -0.160. The van der Waals surface area contributed by atoms with Gasteiger partial charge in [-0.25, -0.2) is 0 Å². The van der Waals surface area contributed by atoms with Crippen molar-refractivity contribution in [3.8, 4) is 0 Å². The van der Waals surface area contributed by atoms with Crippen LogP contribution in [0.5, 0.6) is 0 Å². The van der Waals surface area contributed by atoms with Gasteiger partial charge in [0.1, 0.15) is 6.10 Å². The summed E-state index contributed by atoms with van der Waals surface area (Å²) < 4.78 is 9.42. The molecule has 0 saturated heterocycles. The fraction of sp³-hybridized carbons (Fsp3) is 0.250. The van der Waals surface area contributed by atoms with Gasteiger partial charge in [0.25, 0.3) is 0 Å². The van der Waals surface area contributed by atoms with Crippen LogP contribution in [0.15, 0.2) is 30.3 Å². The molecule has 4 N–H and O–H groups in total. The van der Waals surface area contributed by atoms with Crippen LogP contribution in [0.1, 0.15) is 11.7 Å². The summed E-state index contributed by atoms with van der Waals surface area (Å²) in [5.41, 5.74) is 0.662. The van der Waals surface area contributed by atoms with Gasteiger partial charge >= 0.3 is 17.2 Å². The van der Waals surface area contributed by atoms with Crippen molar-refractivity contribution in [2.75, 3.05) is 6.61 Å². The topological polar surface area (TPSA) is 99.4 Å². The molecule has 0 aliphatic heterocycles. The third-order valence-corrected chi connectivity index (χ3v) is 2.56. The molecule has 0 bridgehead atoms. The van der Waals surface area contributed by atoms with Crippen molar-refractivity contribution in [1.82, 2.24) is 0 Å². The SMILES string of the molecule is OP(O)OCC(OP(O)O)c1ccccc1. The molecule has 1 unspecified atom stereocenters. The number of rotatable bonds is 6. The summed E-state index contributed by atoms with van der Waals surface area (Å²) in [7, 11) is -5.01. The molecule has 0 heterocycles. The van der Waals surface area contributed by atoms with Gasteiger partial charge in [0.05, 0.1) is 6.61 Å². The minimum atomic E-state index is -2.53. The first-order valence-electron chi connectivity index (χ1n) is 4.30. The van der Waals surface area contributed by atoms with Crippen molar-refractivity contribution in [2.45, 2.75) is 6.10 Å². The summed E-state index contributed by atoms with van der Waals surface area (Å²) in [5, 5.41) is 0. The molecule has 0 radical (unpaired) electrons. The molecule has 0 saturated carbocycles. The first kappa shape index (κ1) is 13.9. The Morgan fingerprint density at radius 1 is 1.00 bits per heavy atom. The van der Waals surface area contributed by atoms with Gasteiger partial charge in [0.15, 0.2) is 0 Å². The van der Waals surface area contributed by atoms with Crippen LogP contribution < -0.4 is 0 Å². The van der Waals surface area contributed by atoms with E-state index in [0.29, 0.717) is 5.56 Å². The molecule has 0 fully saturated rings. The lowest BCUT2D eigenvalue weighted by molar-refractivity contribution is 0.104. The van der Waals surface area contributed by atoms with E-state index in [2.05, 4.69) is 4.52 Å². The van der Waals surface area contributed by atoms with Gasteiger partial charge in [0.2, 0.25) is 0 Å². The fourth-order valence-electron chi connectivity index (χ4n) is 1.10. The highest BCUT2D eigenvalue weighted by atomic mass is 31.2. The molecular formula is C8H12O6P2. The van der Waals surface area contributed by atoms with Crippen LogP contribution in [0, 0.1) is 0 Å². The molecule has 1 aromatic carbocycles. The maximum Gasteiger partial charge on any atom is 0.327 e. The van der Waals surface area contributed by atoms with Crippen LogP contribution in [0.4, 0.5) is 0 Å². The first-order chi connectivity index (χ1) is 7.59. The smallest absolute Gasteiger partial charge is 0.327 e. The minimum absolute atomic E-state index is 0.164. The van der Waals surface area contributed by atoms with Gasteiger partial charge in [-0.3, -0.25) is 0 Å². The average molecular weight is 266 g/mol. The Morgan fingerprint density at radius 2 is 1.62 bits per heavy atom. The van der Waals surface area contributed by atoms with Crippen molar-refractivity contribution in [3.05, 3.63) is 35.9 Å². The molecule has 90 valence electrons. The molecule has 0 aliphatic rings. The van der Waals surface area contributed by atoms with Crippen molar-refractivity contribution in [1.29, 1.82) is 0 Å². The summed E-state index contributed by atoms with van der Waals surface area (Å²) in [4.78, 5) is 34.8. The van der Waals surface area contributed by atoms with Crippen LogP contribution in [0.2, 0.25) is 0 Å². The molecule has 1 aromatic rings. The molecule has 1 atom stereocenters. The number of hydrogen-bond acceptors (Lipinski definition) is 6. The Bertz CT molecular complexity index is 294. The van der Waals surface area contributed by atoms with Crippen LogP contribution in [0.3, 0.4) is 0 Å². The molecule has 0 aliphatic carbocycles. The van der Waals surface area contributed by atoms with E-state index in [-0.39, 0.29) is 6.61 Å². The van der Waals surface area contributed by atoms with Crippen LogP contribution in [0.25, 0.3) is 0 Å². The Kier molecular flexibility index (Phi) is 6.28. The fourth-order valence-corrected chi connectivity index (χ4v) is 1.78. The normalized spacial score (nSPS) is 13.4. The van der Waals surface area contributed by atoms with Crippen molar-refractivity contribution in [3.63, 3.8) is 0 Å². The molecule has 6 nitrogen and oxygen atoms in total.